The van der Waals surface area contributed by atoms with Gasteiger partial charge >= 0.3 is 144 Å². The van der Waals surface area contributed by atoms with E-state index in [9.17, 15) is 0 Å². The quantitative estimate of drug-likeness (QED) is 0.355. The molecule has 10 heteroatoms. The molecule has 0 atom stereocenters. The van der Waals surface area contributed by atoms with Gasteiger partial charge in [0, 0.05) is 0 Å². The molecule has 0 radical (unpaired) electrons. The van der Waals surface area contributed by atoms with E-state index >= 15 is 0 Å². The molecular formula is H15BO6Sr3. The van der Waals surface area contributed by atoms with Crippen LogP contribution in [0.1, 0.15) is 0 Å². The molecule has 60 valence electrons. The van der Waals surface area contributed by atoms with E-state index in [0.29, 0.717) is 0 Å². The monoisotopic (exact) mass is 386 g/mol. The molecule has 0 spiro atoms. The van der Waals surface area contributed by atoms with Gasteiger partial charge in [-0.3, -0.25) is 0 Å². The molecule has 0 fully saturated rings. The van der Waals surface area contributed by atoms with Crippen molar-refractivity contribution >= 4 is 144 Å². The molecule has 0 aliphatic carbocycles. The molecule has 0 saturated carbocycles. The SMILES string of the molecule is O.O.O.OB(O)O.[SrH2].[SrH2].[SrH2]. The molecular weight excluding hydrogens is 370 g/mol. The first-order valence-electron chi connectivity index (χ1n) is 0.775. The summed E-state index contributed by atoms with van der Waals surface area (Å²) in [6.07, 6.45) is 0. The predicted octanol–water partition coefficient (Wildman–Crippen LogP) is -7.27. The van der Waals surface area contributed by atoms with Crippen LogP contribution in [-0.2, 0) is 0 Å². The summed E-state index contributed by atoms with van der Waals surface area (Å²) in [7, 11) is -2.17. The van der Waals surface area contributed by atoms with E-state index < -0.39 is 7.32 Å². The van der Waals surface area contributed by atoms with Crippen LogP contribution in [0.4, 0.5) is 0 Å². The molecule has 9 N–H and O–H groups in total. The number of rotatable bonds is 0. The summed E-state index contributed by atoms with van der Waals surface area (Å²) >= 11 is 0. The van der Waals surface area contributed by atoms with E-state index in [4.69, 9.17) is 15.1 Å². The van der Waals surface area contributed by atoms with Gasteiger partial charge in [-0.2, -0.15) is 0 Å². The van der Waals surface area contributed by atoms with Crippen molar-refractivity contribution in [2.75, 3.05) is 0 Å². The Labute approximate surface area is 170 Å². The molecule has 0 rings (SSSR count). The number of hydrogen-bond donors (Lipinski definition) is 3. The first-order chi connectivity index (χ1) is 1.73. The van der Waals surface area contributed by atoms with E-state index in [1.165, 1.54) is 0 Å². The fourth-order valence-electron chi connectivity index (χ4n) is 0. The number of hydrogen-bond acceptors (Lipinski definition) is 3. The summed E-state index contributed by atoms with van der Waals surface area (Å²) in [5.74, 6) is 0. The second-order valence-corrected chi connectivity index (χ2v) is 0.346. The molecule has 6 nitrogen and oxygen atoms in total. The normalized spacial score (nSPS) is 2.70. The second-order valence-electron chi connectivity index (χ2n) is 0.346. The minimum atomic E-state index is -2.17. The second kappa shape index (κ2) is 37.8. The van der Waals surface area contributed by atoms with Crippen molar-refractivity contribution in [3.8, 4) is 0 Å². The maximum absolute atomic E-state index is 7.17. The minimum absolute atomic E-state index is 0. The van der Waals surface area contributed by atoms with Crippen molar-refractivity contribution in [2.45, 2.75) is 0 Å². The van der Waals surface area contributed by atoms with E-state index in [2.05, 4.69) is 0 Å². The fourth-order valence-corrected chi connectivity index (χ4v) is 0. The molecule has 0 unspecified atom stereocenters. The molecule has 0 amide bonds. The van der Waals surface area contributed by atoms with Crippen LogP contribution in [0.15, 0.2) is 0 Å². The molecule has 0 aromatic rings. The zero-order chi connectivity index (χ0) is 3.58. The summed E-state index contributed by atoms with van der Waals surface area (Å²) in [6.45, 7) is 0. The average Bonchev–Trinajstić information content (AvgIpc) is 0.811. The van der Waals surface area contributed by atoms with Crippen LogP contribution in [0.2, 0.25) is 0 Å². The topological polar surface area (TPSA) is 155 Å². The van der Waals surface area contributed by atoms with E-state index in [-0.39, 0.29) is 153 Å². The van der Waals surface area contributed by atoms with Gasteiger partial charge in [-0.05, 0) is 0 Å². The average molecular weight is 385 g/mol. The van der Waals surface area contributed by atoms with Crippen LogP contribution in [0.5, 0.6) is 0 Å². The van der Waals surface area contributed by atoms with Crippen LogP contribution < -0.4 is 0 Å². The molecule has 0 aromatic heterocycles. The first-order valence-corrected chi connectivity index (χ1v) is 0.775. The molecule has 0 aliphatic heterocycles. The zero-order valence-electron chi connectivity index (χ0n) is 3.42. The first kappa shape index (κ1) is 47.6. The van der Waals surface area contributed by atoms with E-state index in [0.717, 1.165) is 0 Å². The van der Waals surface area contributed by atoms with Gasteiger partial charge in [0.2, 0.25) is 0 Å². The van der Waals surface area contributed by atoms with Gasteiger partial charge in [-0.1, -0.05) is 0 Å². The standard InChI is InChI=1S/BH3O3.3H2O.3Sr.6H/c2-1(3)4;;;;;;;;;;;;/h2-4H;3*1H2;;;;;;;;;. The fraction of sp³-hybridized carbons (Fsp3) is 0. The summed E-state index contributed by atoms with van der Waals surface area (Å²) < 4.78 is 0. The van der Waals surface area contributed by atoms with Crippen molar-refractivity contribution < 1.29 is 31.5 Å². The predicted molar refractivity (Wildman–Crippen MR) is 48.9 cm³/mol. The molecule has 0 heterocycles. The third-order valence-corrected chi connectivity index (χ3v) is 0. The third kappa shape index (κ3) is 85.5. The summed E-state index contributed by atoms with van der Waals surface area (Å²) in [5, 5.41) is 21.5. The Balaban J connectivity index is -0.00000000300. The molecule has 0 saturated heterocycles. The van der Waals surface area contributed by atoms with Gasteiger partial charge < -0.3 is 31.5 Å². The summed E-state index contributed by atoms with van der Waals surface area (Å²) in [6, 6.07) is 0. The van der Waals surface area contributed by atoms with Crippen molar-refractivity contribution in [2.24, 2.45) is 0 Å². The van der Waals surface area contributed by atoms with E-state index in [1.807, 2.05) is 0 Å². The Morgan fingerprint density at radius 3 is 0.600 bits per heavy atom. The van der Waals surface area contributed by atoms with Crippen molar-refractivity contribution in [1.29, 1.82) is 0 Å². The van der Waals surface area contributed by atoms with Gasteiger partial charge in [0.15, 0.2) is 0 Å². The van der Waals surface area contributed by atoms with Crippen LogP contribution in [0, 0.1) is 0 Å². The molecule has 0 bridgehead atoms. The van der Waals surface area contributed by atoms with Crippen molar-refractivity contribution in [1.82, 2.24) is 0 Å². The van der Waals surface area contributed by atoms with Crippen LogP contribution in [0.3, 0.4) is 0 Å². The van der Waals surface area contributed by atoms with Gasteiger partial charge in [0.25, 0.3) is 0 Å². The third-order valence-electron chi connectivity index (χ3n) is 0. The zero-order valence-corrected chi connectivity index (χ0v) is 3.42. The van der Waals surface area contributed by atoms with Gasteiger partial charge in [-0.15, -0.1) is 0 Å². The molecule has 10 heavy (non-hydrogen) atoms. The van der Waals surface area contributed by atoms with Crippen LogP contribution in [0.25, 0.3) is 0 Å². The molecule has 0 aromatic carbocycles. The summed E-state index contributed by atoms with van der Waals surface area (Å²) in [5.41, 5.74) is 0. The Bertz CT molecular complexity index is 17.7. The van der Waals surface area contributed by atoms with Gasteiger partial charge in [-0.25, -0.2) is 0 Å². The van der Waals surface area contributed by atoms with Crippen LogP contribution in [-0.4, -0.2) is 175 Å². The Morgan fingerprint density at radius 2 is 0.600 bits per heavy atom. The Kier molecular flexibility index (Phi) is 180. The van der Waals surface area contributed by atoms with Crippen molar-refractivity contribution in [3.05, 3.63) is 0 Å². The molecule has 0 aliphatic rings. The van der Waals surface area contributed by atoms with Crippen molar-refractivity contribution in [3.63, 3.8) is 0 Å². The van der Waals surface area contributed by atoms with Gasteiger partial charge in [0.05, 0.1) is 0 Å². The summed E-state index contributed by atoms with van der Waals surface area (Å²) in [4.78, 5) is 0. The Morgan fingerprint density at radius 1 is 0.600 bits per heavy atom. The van der Waals surface area contributed by atoms with Gasteiger partial charge in [0.1, 0.15) is 0 Å². The van der Waals surface area contributed by atoms with E-state index in [1.54, 1.807) is 0 Å². The Hall–Kier alpha value is 4.27. The van der Waals surface area contributed by atoms with Crippen LogP contribution >= 0.6 is 0 Å². The maximum atomic E-state index is 7.17.